The van der Waals surface area contributed by atoms with Crippen LogP contribution in [0.15, 0.2) is 24.5 Å². The van der Waals surface area contributed by atoms with Gasteiger partial charge in [-0.3, -0.25) is 4.79 Å². The van der Waals surface area contributed by atoms with Crippen LogP contribution in [0.3, 0.4) is 0 Å². The smallest absolute Gasteiger partial charge is 0.475 e. The monoisotopic (exact) mass is 465 g/mol. The fraction of sp³-hybridized carbons (Fsp3) is 0.545. The number of likely N-dealkylation sites (tertiary alicyclic amines) is 1. The summed E-state index contributed by atoms with van der Waals surface area (Å²) in [4.78, 5) is 38.5. The van der Waals surface area contributed by atoms with Gasteiger partial charge in [-0.1, -0.05) is 0 Å². The number of carbonyl (C=O) groups is 2. The summed E-state index contributed by atoms with van der Waals surface area (Å²) < 4.78 is 31.7. The van der Waals surface area contributed by atoms with Crippen molar-refractivity contribution in [3.8, 4) is 0 Å². The van der Waals surface area contributed by atoms with Crippen LogP contribution >= 0.6 is 0 Å². The number of aliphatic carboxylic acids is 1. The summed E-state index contributed by atoms with van der Waals surface area (Å²) in [6.07, 6.45) is 3.70. The molecule has 0 saturated carbocycles. The number of carboxylic acids is 1. The number of hydrogen-bond acceptors (Lipinski definition) is 5. The summed E-state index contributed by atoms with van der Waals surface area (Å²) in [7, 11) is 0. The van der Waals surface area contributed by atoms with Crippen molar-refractivity contribution in [1.29, 1.82) is 0 Å². The number of aromatic amines is 1. The molecule has 0 aromatic carbocycles. The SMILES string of the molecule is O=C(CCc1ccc[nH]1)N1CC2Cc3nc(N4CCCC4)ncc3C2C1.O=C(O)C(F)(F)F. The summed E-state index contributed by atoms with van der Waals surface area (Å²) >= 11 is 0. The minimum atomic E-state index is -5.08. The highest BCUT2D eigenvalue weighted by Crippen LogP contribution is 2.42. The molecule has 2 saturated heterocycles. The molecule has 2 aromatic rings. The molecule has 2 atom stereocenters. The first kappa shape index (κ1) is 23.1. The van der Waals surface area contributed by atoms with E-state index < -0.39 is 12.1 Å². The lowest BCUT2D eigenvalue weighted by Gasteiger charge is -2.19. The van der Waals surface area contributed by atoms with Crippen LogP contribution in [-0.2, 0) is 22.4 Å². The maximum Gasteiger partial charge on any atom is 0.490 e. The molecule has 33 heavy (non-hydrogen) atoms. The third kappa shape index (κ3) is 5.28. The number of alkyl halides is 3. The second-order valence-corrected chi connectivity index (χ2v) is 8.63. The number of H-pyrrole nitrogens is 1. The quantitative estimate of drug-likeness (QED) is 0.720. The number of nitrogens with one attached hydrogen (secondary N) is 1. The maximum absolute atomic E-state index is 12.6. The minimum absolute atomic E-state index is 0.269. The molecule has 1 aliphatic carbocycles. The van der Waals surface area contributed by atoms with Crippen LogP contribution in [0.1, 0.15) is 42.1 Å². The van der Waals surface area contributed by atoms with E-state index in [0.29, 0.717) is 18.3 Å². The summed E-state index contributed by atoms with van der Waals surface area (Å²) in [6.45, 7) is 3.85. The number of nitrogens with zero attached hydrogens (tertiary/aromatic N) is 4. The van der Waals surface area contributed by atoms with E-state index in [4.69, 9.17) is 14.9 Å². The van der Waals surface area contributed by atoms with Crippen molar-refractivity contribution in [3.05, 3.63) is 41.5 Å². The van der Waals surface area contributed by atoms with Crippen LogP contribution in [0.5, 0.6) is 0 Å². The predicted octanol–water partition coefficient (Wildman–Crippen LogP) is 2.77. The molecule has 2 fully saturated rings. The van der Waals surface area contributed by atoms with Crippen molar-refractivity contribution >= 4 is 17.8 Å². The van der Waals surface area contributed by atoms with Gasteiger partial charge in [0, 0.05) is 62.3 Å². The lowest BCUT2D eigenvalue weighted by Crippen LogP contribution is -2.30. The van der Waals surface area contributed by atoms with Crippen LogP contribution in [0.25, 0.3) is 0 Å². The second kappa shape index (κ2) is 9.40. The Balaban J connectivity index is 0.000000325. The number of anilines is 1. The Morgan fingerprint density at radius 3 is 2.58 bits per heavy atom. The van der Waals surface area contributed by atoms with Crippen molar-refractivity contribution in [2.75, 3.05) is 31.1 Å². The maximum atomic E-state index is 12.6. The molecule has 178 valence electrons. The summed E-state index contributed by atoms with van der Waals surface area (Å²) in [5.74, 6) is -0.646. The number of carboxylic acid groups (broad SMARTS) is 1. The first-order valence-corrected chi connectivity index (χ1v) is 11.0. The molecule has 2 aromatic heterocycles. The number of hydrogen-bond donors (Lipinski definition) is 2. The van der Waals surface area contributed by atoms with E-state index in [9.17, 15) is 18.0 Å². The normalized spacial score (nSPS) is 21.4. The zero-order valence-electron chi connectivity index (χ0n) is 18.0. The third-order valence-electron chi connectivity index (χ3n) is 6.44. The number of carbonyl (C=O) groups excluding carboxylic acids is 1. The van der Waals surface area contributed by atoms with Crippen LogP contribution in [0.4, 0.5) is 19.1 Å². The molecule has 2 N–H and O–H groups in total. The summed E-state index contributed by atoms with van der Waals surface area (Å²) in [5, 5.41) is 7.12. The molecule has 5 rings (SSSR count). The Bertz CT molecular complexity index is 990. The number of aryl methyl sites for hydroxylation is 1. The molecule has 2 unspecified atom stereocenters. The van der Waals surface area contributed by atoms with Gasteiger partial charge in [0.25, 0.3) is 0 Å². The Labute approximate surface area is 188 Å². The lowest BCUT2D eigenvalue weighted by molar-refractivity contribution is -0.192. The number of rotatable bonds is 4. The van der Waals surface area contributed by atoms with Gasteiger partial charge in [0.1, 0.15) is 0 Å². The van der Waals surface area contributed by atoms with Crippen molar-refractivity contribution in [3.63, 3.8) is 0 Å². The average Bonchev–Trinajstić information content (AvgIpc) is 3.56. The molecule has 2 aliphatic heterocycles. The van der Waals surface area contributed by atoms with E-state index in [1.165, 1.54) is 24.1 Å². The Kier molecular flexibility index (Phi) is 6.57. The van der Waals surface area contributed by atoms with Crippen LogP contribution < -0.4 is 4.90 Å². The fourth-order valence-corrected chi connectivity index (χ4v) is 4.76. The second-order valence-electron chi connectivity index (χ2n) is 8.63. The van der Waals surface area contributed by atoms with Gasteiger partial charge in [-0.2, -0.15) is 13.2 Å². The third-order valence-corrected chi connectivity index (χ3v) is 6.44. The first-order chi connectivity index (χ1) is 15.7. The van der Waals surface area contributed by atoms with Gasteiger partial charge in [0.05, 0.1) is 0 Å². The fourth-order valence-electron chi connectivity index (χ4n) is 4.76. The Morgan fingerprint density at radius 2 is 1.94 bits per heavy atom. The zero-order valence-corrected chi connectivity index (χ0v) is 18.0. The molecule has 3 aliphatic rings. The van der Waals surface area contributed by atoms with Gasteiger partial charge in [0.15, 0.2) is 0 Å². The minimum Gasteiger partial charge on any atom is -0.475 e. The molecular formula is C22H26F3N5O3. The molecule has 0 spiro atoms. The molecular weight excluding hydrogens is 439 g/mol. The van der Waals surface area contributed by atoms with E-state index >= 15 is 0 Å². The largest absolute Gasteiger partial charge is 0.490 e. The average molecular weight is 465 g/mol. The zero-order chi connectivity index (χ0) is 23.6. The standard InChI is InChI=1S/C20H25N5O.C2HF3O2/c26-19(6-5-15-4-3-7-21-15)25-12-14-10-18-16(17(14)13-25)11-22-20(23-18)24-8-1-2-9-24;3-2(4,5)1(6)7/h3-4,7,11,14,17,21H,1-2,5-6,8-10,12-13H2;(H,6,7). The van der Waals surface area contributed by atoms with Gasteiger partial charge in [0.2, 0.25) is 11.9 Å². The van der Waals surface area contributed by atoms with Crippen molar-refractivity contribution < 1.29 is 27.9 Å². The van der Waals surface area contributed by atoms with E-state index in [-0.39, 0.29) is 5.91 Å². The molecule has 0 bridgehead atoms. The summed E-state index contributed by atoms with van der Waals surface area (Å²) in [6, 6.07) is 4.02. The highest BCUT2D eigenvalue weighted by atomic mass is 19.4. The highest BCUT2D eigenvalue weighted by Gasteiger charge is 2.42. The number of halogens is 3. The number of amides is 1. The molecule has 4 heterocycles. The predicted molar refractivity (Wildman–Crippen MR) is 113 cm³/mol. The van der Waals surface area contributed by atoms with Gasteiger partial charge < -0.3 is 19.9 Å². The molecule has 11 heteroatoms. The summed E-state index contributed by atoms with van der Waals surface area (Å²) in [5.41, 5.74) is 3.62. The number of fused-ring (bicyclic) bond motifs is 3. The van der Waals surface area contributed by atoms with E-state index in [0.717, 1.165) is 50.7 Å². The van der Waals surface area contributed by atoms with Gasteiger partial charge in [-0.25, -0.2) is 14.8 Å². The van der Waals surface area contributed by atoms with Crippen LogP contribution in [0.2, 0.25) is 0 Å². The van der Waals surface area contributed by atoms with Crippen molar-refractivity contribution in [1.82, 2.24) is 19.9 Å². The Hall–Kier alpha value is -3.11. The van der Waals surface area contributed by atoms with Crippen molar-refractivity contribution in [2.24, 2.45) is 5.92 Å². The molecule has 8 nitrogen and oxygen atoms in total. The molecule has 0 radical (unpaired) electrons. The Morgan fingerprint density at radius 1 is 1.21 bits per heavy atom. The van der Waals surface area contributed by atoms with Gasteiger partial charge in [-0.05, 0) is 49.3 Å². The van der Waals surface area contributed by atoms with Crippen LogP contribution in [-0.4, -0.2) is 69.2 Å². The van der Waals surface area contributed by atoms with Crippen LogP contribution in [0, 0.1) is 5.92 Å². The topological polar surface area (TPSA) is 102 Å². The van der Waals surface area contributed by atoms with Gasteiger partial charge in [-0.15, -0.1) is 0 Å². The lowest BCUT2D eigenvalue weighted by atomic mass is 9.98. The van der Waals surface area contributed by atoms with E-state index in [1.807, 2.05) is 24.5 Å². The van der Waals surface area contributed by atoms with Crippen molar-refractivity contribution in [2.45, 2.75) is 44.2 Å². The van der Waals surface area contributed by atoms with E-state index in [1.54, 1.807) is 0 Å². The molecule has 1 amide bonds. The van der Waals surface area contributed by atoms with E-state index in [2.05, 4.69) is 19.8 Å². The first-order valence-electron chi connectivity index (χ1n) is 11.0. The highest BCUT2D eigenvalue weighted by molar-refractivity contribution is 5.77. The van der Waals surface area contributed by atoms with Gasteiger partial charge >= 0.3 is 12.1 Å². The number of aromatic nitrogens is 3.